The highest BCUT2D eigenvalue weighted by molar-refractivity contribution is 5.72. The van der Waals surface area contributed by atoms with Crippen molar-refractivity contribution in [1.29, 1.82) is 0 Å². The smallest absolute Gasteiger partial charge is 0.311 e. The average molecular weight is 292 g/mol. The molecule has 1 rings (SSSR count). The van der Waals surface area contributed by atoms with Crippen molar-refractivity contribution in [2.45, 2.75) is 71.6 Å². The summed E-state index contributed by atoms with van der Waals surface area (Å²) in [5.41, 5.74) is 0.926. The second-order valence-electron chi connectivity index (χ2n) is 5.53. The second-order valence-corrected chi connectivity index (χ2v) is 5.53. The van der Waals surface area contributed by atoms with Gasteiger partial charge in [0.15, 0.2) is 0 Å². The van der Waals surface area contributed by atoms with Crippen LogP contribution in [0.5, 0.6) is 11.5 Å². The van der Waals surface area contributed by atoms with Crippen LogP contribution in [0.2, 0.25) is 0 Å². The Morgan fingerprint density at radius 2 is 1.76 bits per heavy atom. The van der Waals surface area contributed by atoms with Gasteiger partial charge in [-0.1, -0.05) is 46.0 Å². The first kappa shape index (κ1) is 17.5. The molecule has 0 aliphatic carbocycles. The molecule has 1 N–H and O–H groups in total. The maximum absolute atomic E-state index is 11.6. The van der Waals surface area contributed by atoms with Crippen molar-refractivity contribution in [2.24, 2.45) is 0 Å². The number of carbonyl (C=O) groups is 1. The number of hydrogen-bond acceptors (Lipinski definition) is 3. The Kier molecular flexibility index (Phi) is 8.56. The molecule has 0 atom stereocenters. The number of phenols is 1. The zero-order valence-corrected chi connectivity index (χ0v) is 13.4. The number of carbonyl (C=O) groups excluding carboxylic acids is 1. The van der Waals surface area contributed by atoms with E-state index in [1.54, 1.807) is 18.2 Å². The van der Waals surface area contributed by atoms with Crippen molar-refractivity contribution >= 4 is 5.97 Å². The third-order valence-corrected chi connectivity index (χ3v) is 3.52. The maximum atomic E-state index is 11.6. The lowest BCUT2D eigenvalue weighted by Crippen LogP contribution is -2.08. The Bertz CT molecular complexity index is 426. The van der Waals surface area contributed by atoms with Gasteiger partial charge < -0.3 is 9.84 Å². The zero-order valence-electron chi connectivity index (χ0n) is 13.4. The number of unbranched alkanes of at least 4 members (excludes halogenated alkanes) is 5. The molecule has 3 heteroatoms. The van der Waals surface area contributed by atoms with Crippen LogP contribution in [0.15, 0.2) is 18.2 Å². The molecule has 0 unspecified atom stereocenters. The minimum Gasteiger partial charge on any atom is -0.508 e. The summed E-state index contributed by atoms with van der Waals surface area (Å²) in [5.74, 6) is 0.624. The van der Waals surface area contributed by atoms with E-state index in [0.717, 1.165) is 24.8 Å². The lowest BCUT2D eigenvalue weighted by atomic mass is 10.0. The molecule has 1 aromatic carbocycles. The molecule has 0 saturated carbocycles. The third kappa shape index (κ3) is 7.16. The molecule has 1 aromatic rings. The summed E-state index contributed by atoms with van der Waals surface area (Å²) in [6, 6.07) is 4.97. The molecule has 0 heterocycles. The highest BCUT2D eigenvalue weighted by atomic mass is 16.5. The molecule has 0 aliphatic rings. The Labute approximate surface area is 128 Å². The quantitative estimate of drug-likeness (QED) is 0.375. The van der Waals surface area contributed by atoms with Crippen molar-refractivity contribution in [2.75, 3.05) is 0 Å². The maximum Gasteiger partial charge on any atom is 0.311 e. The van der Waals surface area contributed by atoms with Gasteiger partial charge in [-0.3, -0.25) is 4.79 Å². The first-order chi connectivity index (χ1) is 10.2. The van der Waals surface area contributed by atoms with E-state index in [0.29, 0.717) is 12.2 Å². The van der Waals surface area contributed by atoms with Gasteiger partial charge in [-0.25, -0.2) is 0 Å². The van der Waals surface area contributed by atoms with E-state index in [4.69, 9.17) is 4.74 Å². The van der Waals surface area contributed by atoms with Gasteiger partial charge in [-0.05, 0) is 43.0 Å². The lowest BCUT2D eigenvalue weighted by Gasteiger charge is -2.10. The average Bonchev–Trinajstić information content (AvgIpc) is 2.45. The van der Waals surface area contributed by atoms with Gasteiger partial charge in [0.25, 0.3) is 0 Å². The SMILES string of the molecule is CCCCCCCCc1cc(O)ccc1OC(=O)CCC. The van der Waals surface area contributed by atoms with E-state index < -0.39 is 0 Å². The summed E-state index contributed by atoms with van der Waals surface area (Å²) < 4.78 is 5.39. The molecule has 118 valence electrons. The fourth-order valence-electron chi connectivity index (χ4n) is 2.33. The van der Waals surface area contributed by atoms with E-state index in [2.05, 4.69) is 6.92 Å². The topological polar surface area (TPSA) is 46.5 Å². The largest absolute Gasteiger partial charge is 0.508 e. The summed E-state index contributed by atoms with van der Waals surface area (Å²) in [6.45, 7) is 4.17. The summed E-state index contributed by atoms with van der Waals surface area (Å²) in [4.78, 5) is 11.6. The van der Waals surface area contributed by atoms with Gasteiger partial charge in [0.05, 0.1) is 0 Å². The summed E-state index contributed by atoms with van der Waals surface area (Å²) >= 11 is 0. The molecule has 0 saturated heterocycles. The van der Waals surface area contributed by atoms with Crippen LogP contribution in [0.3, 0.4) is 0 Å². The number of phenolic OH excluding ortho intramolecular Hbond substituents is 1. The molecular weight excluding hydrogens is 264 g/mol. The van der Waals surface area contributed by atoms with E-state index in [9.17, 15) is 9.90 Å². The predicted molar refractivity (Wildman–Crippen MR) is 85.7 cm³/mol. The standard InChI is InChI=1S/C18H28O3/c1-3-5-6-7-8-9-11-15-14-16(19)12-13-17(15)21-18(20)10-4-2/h12-14,19H,3-11H2,1-2H3. The van der Waals surface area contributed by atoms with Gasteiger partial charge >= 0.3 is 5.97 Å². The van der Waals surface area contributed by atoms with Crippen LogP contribution in [0, 0.1) is 0 Å². The minimum absolute atomic E-state index is 0.201. The normalized spacial score (nSPS) is 10.6. The molecule has 0 aromatic heterocycles. The fourth-order valence-corrected chi connectivity index (χ4v) is 2.33. The first-order valence-corrected chi connectivity index (χ1v) is 8.20. The Balaban J connectivity index is 2.50. The number of aryl methyl sites for hydroxylation is 1. The number of benzene rings is 1. The number of aromatic hydroxyl groups is 1. The predicted octanol–water partition coefficient (Wildman–Crippen LogP) is 5.00. The number of ether oxygens (including phenoxy) is 1. The lowest BCUT2D eigenvalue weighted by molar-refractivity contribution is -0.134. The van der Waals surface area contributed by atoms with Crippen molar-refractivity contribution in [3.8, 4) is 11.5 Å². The van der Waals surface area contributed by atoms with E-state index >= 15 is 0 Å². The highest BCUT2D eigenvalue weighted by Crippen LogP contribution is 2.26. The number of rotatable bonds is 10. The molecule has 0 fully saturated rings. The Hall–Kier alpha value is -1.51. The van der Waals surface area contributed by atoms with Crippen LogP contribution in [-0.2, 0) is 11.2 Å². The number of hydrogen-bond donors (Lipinski definition) is 1. The van der Waals surface area contributed by atoms with E-state index in [1.807, 2.05) is 6.92 Å². The van der Waals surface area contributed by atoms with Crippen molar-refractivity contribution in [1.82, 2.24) is 0 Å². The Morgan fingerprint density at radius 1 is 1.05 bits per heavy atom. The third-order valence-electron chi connectivity index (χ3n) is 3.52. The van der Waals surface area contributed by atoms with Gasteiger partial charge in [0.1, 0.15) is 11.5 Å². The molecular formula is C18H28O3. The highest BCUT2D eigenvalue weighted by Gasteiger charge is 2.09. The van der Waals surface area contributed by atoms with Crippen LogP contribution >= 0.6 is 0 Å². The summed E-state index contributed by atoms with van der Waals surface area (Å²) in [6.07, 6.45) is 9.38. The summed E-state index contributed by atoms with van der Waals surface area (Å²) in [7, 11) is 0. The fraction of sp³-hybridized carbons (Fsp3) is 0.611. The van der Waals surface area contributed by atoms with Crippen LogP contribution < -0.4 is 4.74 Å². The van der Waals surface area contributed by atoms with Gasteiger partial charge in [0, 0.05) is 6.42 Å². The van der Waals surface area contributed by atoms with Gasteiger partial charge in [-0.15, -0.1) is 0 Å². The first-order valence-electron chi connectivity index (χ1n) is 8.20. The molecule has 21 heavy (non-hydrogen) atoms. The van der Waals surface area contributed by atoms with E-state index in [-0.39, 0.29) is 11.7 Å². The van der Waals surface area contributed by atoms with Crippen LogP contribution in [0.1, 0.15) is 70.8 Å². The molecule has 0 spiro atoms. The van der Waals surface area contributed by atoms with Gasteiger partial charge in [-0.2, -0.15) is 0 Å². The van der Waals surface area contributed by atoms with E-state index in [1.165, 1.54) is 32.1 Å². The van der Waals surface area contributed by atoms with Crippen molar-refractivity contribution in [3.63, 3.8) is 0 Å². The van der Waals surface area contributed by atoms with Crippen molar-refractivity contribution < 1.29 is 14.6 Å². The van der Waals surface area contributed by atoms with Crippen LogP contribution in [0.4, 0.5) is 0 Å². The van der Waals surface area contributed by atoms with Crippen LogP contribution in [0.25, 0.3) is 0 Å². The molecule has 0 amide bonds. The molecule has 0 aliphatic heterocycles. The molecule has 0 bridgehead atoms. The van der Waals surface area contributed by atoms with Crippen LogP contribution in [-0.4, -0.2) is 11.1 Å². The molecule has 3 nitrogen and oxygen atoms in total. The molecule has 0 radical (unpaired) electrons. The van der Waals surface area contributed by atoms with Crippen molar-refractivity contribution in [3.05, 3.63) is 23.8 Å². The number of esters is 1. The second kappa shape index (κ2) is 10.3. The monoisotopic (exact) mass is 292 g/mol. The summed E-state index contributed by atoms with van der Waals surface area (Å²) in [5, 5.41) is 9.61. The Morgan fingerprint density at radius 3 is 2.48 bits per heavy atom. The zero-order chi connectivity index (χ0) is 15.5. The minimum atomic E-state index is -0.201. The van der Waals surface area contributed by atoms with Gasteiger partial charge in [0.2, 0.25) is 0 Å².